The second-order valence-corrected chi connectivity index (χ2v) is 5.48. The number of hydrogen-bond acceptors (Lipinski definition) is 3. The standard InChI is InChI=1S/C19H18N2O2/c1-13-8-10-16(11-9-13)20-18(22)12-17-14(2)23-19(21-17)15-6-4-3-5-7-15/h3-11H,12H2,1-2H3,(H,20,22). The first-order chi connectivity index (χ1) is 11.1. The van der Waals surface area contributed by atoms with E-state index in [0.29, 0.717) is 17.3 Å². The zero-order valence-corrected chi connectivity index (χ0v) is 13.2. The third-order valence-electron chi connectivity index (χ3n) is 3.58. The van der Waals surface area contributed by atoms with E-state index in [1.807, 2.05) is 68.4 Å². The quantitative estimate of drug-likeness (QED) is 0.788. The van der Waals surface area contributed by atoms with E-state index in [4.69, 9.17) is 4.42 Å². The van der Waals surface area contributed by atoms with Gasteiger partial charge in [0.1, 0.15) is 5.76 Å². The van der Waals surface area contributed by atoms with Crippen molar-refractivity contribution in [1.82, 2.24) is 4.98 Å². The van der Waals surface area contributed by atoms with Gasteiger partial charge in [0, 0.05) is 11.3 Å². The zero-order valence-electron chi connectivity index (χ0n) is 13.2. The molecule has 3 aromatic rings. The Kier molecular flexibility index (Phi) is 4.24. The summed E-state index contributed by atoms with van der Waals surface area (Å²) in [6, 6.07) is 17.4. The van der Waals surface area contributed by atoms with E-state index < -0.39 is 0 Å². The van der Waals surface area contributed by atoms with E-state index in [-0.39, 0.29) is 12.3 Å². The maximum Gasteiger partial charge on any atom is 0.230 e. The van der Waals surface area contributed by atoms with Gasteiger partial charge in [0.25, 0.3) is 0 Å². The second-order valence-electron chi connectivity index (χ2n) is 5.48. The van der Waals surface area contributed by atoms with Crippen molar-refractivity contribution in [1.29, 1.82) is 0 Å². The number of rotatable bonds is 4. The molecule has 0 aliphatic rings. The molecule has 1 N–H and O–H groups in total. The number of amides is 1. The van der Waals surface area contributed by atoms with Gasteiger partial charge in [-0.3, -0.25) is 4.79 Å². The highest BCUT2D eigenvalue weighted by Crippen LogP contribution is 2.22. The minimum atomic E-state index is -0.107. The number of anilines is 1. The Morgan fingerprint density at radius 3 is 2.43 bits per heavy atom. The van der Waals surface area contributed by atoms with Crippen LogP contribution in [-0.2, 0) is 11.2 Å². The zero-order chi connectivity index (χ0) is 16.2. The first-order valence-electron chi connectivity index (χ1n) is 7.50. The summed E-state index contributed by atoms with van der Waals surface area (Å²) in [5.74, 6) is 1.11. The molecule has 3 rings (SSSR count). The fraction of sp³-hybridized carbons (Fsp3) is 0.158. The molecule has 116 valence electrons. The lowest BCUT2D eigenvalue weighted by molar-refractivity contribution is -0.115. The Labute approximate surface area is 135 Å². The lowest BCUT2D eigenvalue weighted by Crippen LogP contribution is -2.15. The van der Waals surface area contributed by atoms with Gasteiger partial charge in [0.2, 0.25) is 11.8 Å². The normalized spacial score (nSPS) is 10.5. The average molecular weight is 306 g/mol. The molecule has 1 aromatic heterocycles. The van der Waals surface area contributed by atoms with E-state index in [9.17, 15) is 4.79 Å². The molecule has 23 heavy (non-hydrogen) atoms. The van der Waals surface area contributed by atoms with Crippen molar-refractivity contribution < 1.29 is 9.21 Å². The highest BCUT2D eigenvalue weighted by Gasteiger charge is 2.14. The Hall–Kier alpha value is -2.88. The fourth-order valence-corrected chi connectivity index (χ4v) is 2.29. The molecule has 0 atom stereocenters. The van der Waals surface area contributed by atoms with Crippen LogP contribution in [0.5, 0.6) is 0 Å². The summed E-state index contributed by atoms with van der Waals surface area (Å²) < 4.78 is 5.68. The number of nitrogens with one attached hydrogen (secondary N) is 1. The topological polar surface area (TPSA) is 55.1 Å². The summed E-state index contributed by atoms with van der Waals surface area (Å²) in [6.45, 7) is 3.84. The van der Waals surface area contributed by atoms with Crippen LogP contribution in [0.3, 0.4) is 0 Å². The highest BCUT2D eigenvalue weighted by molar-refractivity contribution is 5.92. The maximum absolute atomic E-state index is 12.2. The third kappa shape index (κ3) is 3.66. The number of nitrogens with zero attached hydrogens (tertiary/aromatic N) is 1. The van der Waals surface area contributed by atoms with Gasteiger partial charge in [-0.2, -0.15) is 0 Å². The van der Waals surface area contributed by atoms with E-state index >= 15 is 0 Å². The molecule has 0 aliphatic carbocycles. The van der Waals surface area contributed by atoms with Crippen LogP contribution >= 0.6 is 0 Å². The lowest BCUT2D eigenvalue weighted by Gasteiger charge is -2.04. The summed E-state index contributed by atoms with van der Waals surface area (Å²) in [7, 11) is 0. The van der Waals surface area contributed by atoms with Gasteiger partial charge in [-0.05, 0) is 38.1 Å². The smallest absolute Gasteiger partial charge is 0.230 e. The number of carbonyl (C=O) groups excluding carboxylic acids is 1. The van der Waals surface area contributed by atoms with Gasteiger partial charge in [0.15, 0.2) is 0 Å². The van der Waals surface area contributed by atoms with Crippen molar-refractivity contribution in [3.8, 4) is 11.5 Å². The van der Waals surface area contributed by atoms with Gasteiger partial charge >= 0.3 is 0 Å². The fourth-order valence-electron chi connectivity index (χ4n) is 2.29. The molecule has 0 spiro atoms. The molecule has 0 radical (unpaired) electrons. The Morgan fingerprint density at radius 2 is 1.74 bits per heavy atom. The SMILES string of the molecule is Cc1ccc(NC(=O)Cc2nc(-c3ccccc3)oc2C)cc1. The van der Waals surface area contributed by atoms with Crippen LogP contribution in [0.2, 0.25) is 0 Å². The second kappa shape index (κ2) is 6.48. The third-order valence-corrected chi connectivity index (χ3v) is 3.58. The predicted molar refractivity (Wildman–Crippen MR) is 90.2 cm³/mol. The minimum absolute atomic E-state index is 0.107. The molecule has 0 aliphatic heterocycles. The van der Waals surface area contributed by atoms with Crippen LogP contribution in [0.4, 0.5) is 5.69 Å². The Balaban J connectivity index is 1.71. The number of oxazole rings is 1. The number of hydrogen-bond donors (Lipinski definition) is 1. The molecule has 0 saturated heterocycles. The molecular formula is C19H18N2O2. The molecule has 4 nitrogen and oxygen atoms in total. The van der Waals surface area contributed by atoms with Crippen LogP contribution in [0.25, 0.3) is 11.5 Å². The summed E-state index contributed by atoms with van der Waals surface area (Å²) in [6.07, 6.45) is 0.191. The molecule has 0 unspecified atom stereocenters. The van der Waals surface area contributed by atoms with Crippen LogP contribution < -0.4 is 5.32 Å². The molecule has 0 bridgehead atoms. The summed E-state index contributed by atoms with van der Waals surface area (Å²) >= 11 is 0. The Morgan fingerprint density at radius 1 is 1.04 bits per heavy atom. The first-order valence-corrected chi connectivity index (χ1v) is 7.50. The average Bonchev–Trinajstić information content (AvgIpc) is 2.91. The van der Waals surface area contributed by atoms with Gasteiger partial charge < -0.3 is 9.73 Å². The van der Waals surface area contributed by atoms with Crippen molar-refractivity contribution in [2.24, 2.45) is 0 Å². The van der Waals surface area contributed by atoms with Crippen LogP contribution in [0.1, 0.15) is 17.0 Å². The Bertz CT molecular complexity index is 805. The van der Waals surface area contributed by atoms with Crippen molar-refractivity contribution in [3.05, 3.63) is 71.6 Å². The van der Waals surface area contributed by atoms with E-state index in [2.05, 4.69) is 10.3 Å². The van der Waals surface area contributed by atoms with Gasteiger partial charge in [-0.1, -0.05) is 35.9 Å². The van der Waals surface area contributed by atoms with Crippen LogP contribution in [0.15, 0.2) is 59.0 Å². The predicted octanol–water partition coefficient (Wildman–Crippen LogP) is 4.14. The lowest BCUT2D eigenvalue weighted by atomic mass is 10.2. The van der Waals surface area contributed by atoms with E-state index in [0.717, 1.165) is 16.8 Å². The van der Waals surface area contributed by atoms with Crippen molar-refractivity contribution in [3.63, 3.8) is 0 Å². The minimum Gasteiger partial charge on any atom is -0.441 e. The van der Waals surface area contributed by atoms with Gasteiger partial charge in [0.05, 0.1) is 12.1 Å². The van der Waals surface area contributed by atoms with Gasteiger partial charge in [-0.25, -0.2) is 4.98 Å². The number of aromatic nitrogens is 1. The van der Waals surface area contributed by atoms with E-state index in [1.165, 1.54) is 0 Å². The summed E-state index contributed by atoms with van der Waals surface area (Å²) in [5.41, 5.74) is 3.50. The summed E-state index contributed by atoms with van der Waals surface area (Å²) in [5, 5.41) is 2.87. The summed E-state index contributed by atoms with van der Waals surface area (Å²) in [4.78, 5) is 16.6. The molecule has 1 heterocycles. The maximum atomic E-state index is 12.2. The van der Waals surface area contributed by atoms with Crippen molar-refractivity contribution >= 4 is 11.6 Å². The monoisotopic (exact) mass is 306 g/mol. The largest absolute Gasteiger partial charge is 0.441 e. The highest BCUT2D eigenvalue weighted by atomic mass is 16.4. The molecule has 0 saturated carbocycles. The molecule has 0 fully saturated rings. The van der Waals surface area contributed by atoms with Gasteiger partial charge in [-0.15, -0.1) is 0 Å². The molecule has 1 amide bonds. The molecule has 4 heteroatoms. The first kappa shape index (κ1) is 15.0. The van der Waals surface area contributed by atoms with Crippen LogP contribution in [0, 0.1) is 13.8 Å². The number of benzene rings is 2. The van der Waals surface area contributed by atoms with Crippen LogP contribution in [-0.4, -0.2) is 10.9 Å². The van der Waals surface area contributed by atoms with E-state index in [1.54, 1.807) is 0 Å². The van der Waals surface area contributed by atoms with Crippen molar-refractivity contribution in [2.75, 3.05) is 5.32 Å². The van der Waals surface area contributed by atoms with Crippen molar-refractivity contribution in [2.45, 2.75) is 20.3 Å². The molecular weight excluding hydrogens is 288 g/mol. The number of aryl methyl sites for hydroxylation is 2. The number of carbonyl (C=O) groups is 1. The molecule has 2 aromatic carbocycles.